The van der Waals surface area contributed by atoms with Crippen molar-refractivity contribution in [3.05, 3.63) is 45.0 Å². The molecule has 1 N–H and O–H groups in total. The van der Waals surface area contributed by atoms with Gasteiger partial charge in [0, 0.05) is 0 Å². The molecule has 0 bridgehead atoms. The highest BCUT2D eigenvalue weighted by Crippen LogP contribution is 2.23. The van der Waals surface area contributed by atoms with Crippen LogP contribution in [0.3, 0.4) is 0 Å². The van der Waals surface area contributed by atoms with E-state index < -0.39 is 0 Å². The van der Waals surface area contributed by atoms with Crippen LogP contribution in [0.25, 0.3) is 0 Å². The number of rotatable bonds is 5. The zero-order valence-corrected chi connectivity index (χ0v) is 12.8. The number of hydrogen-bond donors (Lipinski definition) is 1. The summed E-state index contributed by atoms with van der Waals surface area (Å²) < 4.78 is 5.81. The maximum absolute atomic E-state index is 12.0. The summed E-state index contributed by atoms with van der Waals surface area (Å²) in [6.45, 7) is 3.80. The Labute approximate surface area is 126 Å². The number of furan rings is 1. The lowest BCUT2D eigenvalue weighted by Crippen LogP contribution is -2.20. The van der Waals surface area contributed by atoms with Crippen molar-refractivity contribution in [1.82, 2.24) is 5.43 Å². The molecule has 0 spiro atoms. The zero-order valence-electron chi connectivity index (χ0n) is 11.3. The van der Waals surface area contributed by atoms with Gasteiger partial charge in [0.2, 0.25) is 0 Å². The van der Waals surface area contributed by atoms with Crippen LogP contribution >= 0.6 is 22.9 Å². The third-order valence-corrected chi connectivity index (χ3v) is 4.02. The van der Waals surface area contributed by atoms with Gasteiger partial charge in [0.05, 0.1) is 26.8 Å². The molecule has 0 saturated carbocycles. The number of thiophene rings is 1. The van der Waals surface area contributed by atoms with Crippen molar-refractivity contribution >= 4 is 34.6 Å². The number of nitrogens with one attached hydrogen (secondary N) is 1. The van der Waals surface area contributed by atoms with Crippen LogP contribution in [-0.2, 0) is 0 Å². The van der Waals surface area contributed by atoms with Crippen LogP contribution in [0, 0.1) is 6.92 Å². The summed E-state index contributed by atoms with van der Waals surface area (Å²) in [5, 5.41) is 4.22. The molecule has 0 atom stereocenters. The average Bonchev–Trinajstić information content (AvgIpc) is 3.03. The SMILES string of the molecule is CCC/C(=N\NC(=O)c1ccoc1C)c1ccc(Cl)s1. The Morgan fingerprint density at radius 2 is 2.25 bits per heavy atom. The van der Waals surface area contributed by atoms with Crippen LogP contribution in [-0.4, -0.2) is 11.6 Å². The number of nitrogens with zero attached hydrogens (tertiary/aromatic N) is 1. The Morgan fingerprint density at radius 3 is 2.80 bits per heavy atom. The van der Waals surface area contributed by atoms with E-state index in [-0.39, 0.29) is 5.91 Å². The molecule has 2 heterocycles. The Bertz CT molecular complexity index is 631. The molecule has 4 nitrogen and oxygen atoms in total. The van der Waals surface area contributed by atoms with E-state index in [1.54, 1.807) is 13.0 Å². The number of carbonyl (C=O) groups is 1. The van der Waals surface area contributed by atoms with Gasteiger partial charge in [0.1, 0.15) is 5.76 Å². The minimum atomic E-state index is -0.271. The number of hydrazone groups is 1. The quantitative estimate of drug-likeness (QED) is 0.663. The van der Waals surface area contributed by atoms with Gasteiger partial charge in [-0.2, -0.15) is 5.10 Å². The summed E-state index contributed by atoms with van der Waals surface area (Å²) in [7, 11) is 0. The molecule has 0 aliphatic carbocycles. The molecule has 106 valence electrons. The van der Waals surface area contributed by atoms with Crippen molar-refractivity contribution in [2.24, 2.45) is 5.10 Å². The van der Waals surface area contributed by atoms with Crippen molar-refractivity contribution in [2.45, 2.75) is 26.7 Å². The van der Waals surface area contributed by atoms with Crippen molar-refractivity contribution in [2.75, 3.05) is 0 Å². The van der Waals surface area contributed by atoms with E-state index in [1.807, 2.05) is 12.1 Å². The fraction of sp³-hybridized carbons (Fsp3) is 0.286. The van der Waals surface area contributed by atoms with E-state index >= 15 is 0 Å². The molecule has 0 aromatic carbocycles. The number of carbonyl (C=O) groups excluding carboxylic acids is 1. The van der Waals surface area contributed by atoms with E-state index in [4.69, 9.17) is 16.0 Å². The van der Waals surface area contributed by atoms with Gasteiger partial charge in [-0.1, -0.05) is 24.9 Å². The second kappa shape index (κ2) is 6.72. The monoisotopic (exact) mass is 310 g/mol. The number of halogens is 1. The molecule has 20 heavy (non-hydrogen) atoms. The van der Waals surface area contributed by atoms with Crippen LogP contribution < -0.4 is 5.43 Å². The molecule has 0 radical (unpaired) electrons. The van der Waals surface area contributed by atoms with Crippen LogP contribution in [0.4, 0.5) is 0 Å². The third-order valence-electron chi connectivity index (χ3n) is 2.74. The fourth-order valence-corrected chi connectivity index (χ4v) is 2.80. The van der Waals surface area contributed by atoms with Gasteiger partial charge in [-0.05, 0) is 31.5 Å². The molecular formula is C14H15ClN2O2S. The van der Waals surface area contributed by atoms with Crippen molar-refractivity contribution in [3.63, 3.8) is 0 Å². The summed E-state index contributed by atoms with van der Waals surface area (Å²) in [4.78, 5) is 12.9. The van der Waals surface area contributed by atoms with Gasteiger partial charge in [0.15, 0.2) is 0 Å². The van der Waals surface area contributed by atoms with Crippen molar-refractivity contribution in [1.29, 1.82) is 0 Å². The predicted molar refractivity (Wildman–Crippen MR) is 81.7 cm³/mol. The molecule has 0 fully saturated rings. The number of hydrogen-bond acceptors (Lipinski definition) is 4. The summed E-state index contributed by atoms with van der Waals surface area (Å²) in [5.41, 5.74) is 3.90. The Hall–Kier alpha value is -1.59. The van der Waals surface area contributed by atoms with Crippen molar-refractivity contribution in [3.8, 4) is 0 Å². The lowest BCUT2D eigenvalue weighted by Gasteiger charge is -2.03. The van der Waals surface area contributed by atoms with Gasteiger partial charge in [-0.25, -0.2) is 5.43 Å². The molecule has 2 aromatic rings. The average molecular weight is 311 g/mol. The maximum Gasteiger partial charge on any atom is 0.274 e. The van der Waals surface area contributed by atoms with Gasteiger partial charge < -0.3 is 4.42 Å². The summed E-state index contributed by atoms with van der Waals surface area (Å²) in [5.74, 6) is 0.307. The molecular weight excluding hydrogens is 296 g/mol. The Balaban J connectivity index is 2.14. The first-order chi connectivity index (χ1) is 9.61. The highest BCUT2D eigenvalue weighted by atomic mass is 35.5. The molecule has 2 aromatic heterocycles. The van der Waals surface area contributed by atoms with Crippen LogP contribution in [0.5, 0.6) is 0 Å². The standard InChI is InChI=1S/C14H15ClN2O2S/c1-3-4-11(12-5-6-13(15)20-12)16-17-14(18)10-7-8-19-9(10)2/h5-8H,3-4H2,1-2H3,(H,17,18)/b16-11+. The molecule has 0 aliphatic heterocycles. The number of aryl methyl sites for hydroxylation is 1. The van der Waals surface area contributed by atoms with Gasteiger partial charge >= 0.3 is 0 Å². The predicted octanol–water partition coefficient (Wildman–Crippen LogP) is 4.24. The van der Waals surface area contributed by atoms with Gasteiger partial charge in [-0.3, -0.25) is 4.79 Å². The first-order valence-corrected chi connectivity index (χ1v) is 7.48. The maximum atomic E-state index is 12.0. The second-order valence-corrected chi connectivity index (χ2v) is 5.96. The van der Waals surface area contributed by atoms with E-state index in [0.29, 0.717) is 15.7 Å². The Kier molecular flexibility index (Phi) is 4.98. The van der Waals surface area contributed by atoms with E-state index in [2.05, 4.69) is 17.5 Å². The lowest BCUT2D eigenvalue weighted by molar-refractivity contribution is 0.0953. The summed E-state index contributed by atoms with van der Waals surface area (Å²) in [6.07, 6.45) is 3.20. The minimum Gasteiger partial charge on any atom is -0.469 e. The van der Waals surface area contributed by atoms with Crippen molar-refractivity contribution < 1.29 is 9.21 Å². The van der Waals surface area contributed by atoms with E-state index in [9.17, 15) is 4.79 Å². The van der Waals surface area contributed by atoms with E-state index in [0.717, 1.165) is 23.4 Å². The first-order valence-electron chi connectivity index (χ1n) is 6.28. The zero-order chi connectivity index (χ0) is 14.5. The molecule has 0 aliphatic rings. The molecule has 1 amide bonds. The first kappa shape index (κ1) is 14.8. The van der Waals surface area contributed by atoms with Crippen LogP contribution in [0.15, 0.2) is 34.0 Å². The van der Waals surface area contributed by atoms with Gasteiger partial charge in [0.25, 0.3) is 5.91 Å². The second-order valence-electron chi connectivity index (χ2n) is 4.24. The van der Waals surface area contributed by atoms with Crippen LogP contribution in [0.2, 0.25) is 4.34 Å². The fourth-order valence-electron chi connectivity index (χ4n) is 1.74. The normalized spacial score (nSPS) is 11.7. The van der Waals surface area contributed by atoms with Gasteiger partial charge in [-0.15, -0.1) is 11.3 Å². The highest BCUT2D eigenvalue weighted by molar-refractivity contribution is 7.18. The minimum absolute atomic E-state index is 0.271. The smallest absolute Gasteiger partial charge is 0.274 e. The molecule has 0 unspecified atom stereocenters. The highest BCUT2D eigenvalue weighted by Gasteiger charge is 2.12. The lowest BCUT2D eigenvalue weighted by atomic mass is 10.2. The number of amides is 1. The topological polar surface area (TPSA) is 54.6 Å². The molecule has 2 rings (SSSR count). The molecule has 0 saturated heterocycles. The van der Waals surface area contributed by atoms with Crippen LogP contribution in [0.1, 0.15) is 40.8 Å². The Morgan fingerprint density at radius 1 is 1.45 bits per heavy atom. The third kappa shape index (κ3) is 3.49. The van der Waals surface area contributed by atoms with E-state index in [1.165, 1.54) is 17.6 Å². The summed E-state index contributed by atoms with van der Waals surface area (Å²) in [6, 6.07) is 5.37. The largest absolute Gasteiger partial charge is 0.469 e. The summed E-state index contributed by atoms with van der Waals surface area (Å²) >= 11 is 7.39. The molecule has 6 heteroatoms.